The van der Waals surface area contributed by atoms with Crippen molar-refractivity contribution in [1.82, 2.24) is 14.1 Å². The highest BCUT2D eigenvalue weighted by atomic mass is 35.5. The summed E-state index contributed by atoms with van der Waals surface area (Å²) in [6, 6.07) is 8.78. The maximum atomic E-state index is 12.5. The van der Waals surface area contributed by atoms with Crippen molar-refractivity contribution in [2.75, 3.05) is 5.32 Å². The quantitative estimate of drug-likeness (QED) is 0.536. The topological polar surface area (TPSA) is 133 Å². The summed E-state index contributed by atoms with van der Waals surface area (Å²) in [5.41, 5.74) is 2.15. The average Bonchev–Trinajstić information content (AvgIpc) is 2.90. The lowest BCUT2D eigenvalue weighted by Crippen LogP contribution is -2.26. The third kappa shape index (κ3) is 3.55. The molecule has 144 valence electrons. The number of anilines is 2. The molecule has 0 radical (unpaired) electrons. The van der Waals surface area contributed by atoms with Gasteiger partial charge in [0.1, 0.15) is 16.8 Å². The van der Waals surface area contributed by atoms with Crippen molar-refractivity contribution in [3.05, 3.63) is 51.7 Å². The number of rotatable bonds is 6. The molecule has 0 aliphatic carbocycles. The maximum Gasteiger partial charge on any atom is 0.332 e. The molecule has 0 bridgehead atoms. The molecule has 3 N–H and O–H groups in total. The number of nitrogens with one attached hydrogen (secondary N) is 1. The van der Waals surface area contributed by atoms with Crippen molar-refractivity contribution in [3.63, 3.8) is 0 Å². The van der Waals surface area contributed by atoms with Gasteiger partial charge in [-0.2, -0.15) is 5.26 Å². The molecule has 1 aromatic carbocycles. The standard InChI is InChI=1S/C18H16ClN5O4/c1-23-13-3-2-10(22-12-4-6-21-16(19)11(12)9-20)8-14(13)24(18(23)28)7-5-15(25)17(26)27/h2-4,6,8,15,25H,5,7H2,1H3,(H,21,22)(H,26,27). The zero-order chi connectivity index (χ0) is 20.4. The van der Waals surface area contributed by atoms with E-state index in [-0.39, 0.29) is 29.4 Å². The first kappa shape index (κ1) is 19.4. The third-order valence-electron chi connectivity index (χ3n) is 4.35. The number of imidazole rings is 1. The molecule has 9 nitrogen and oxygen atoms in total. The molecule has 2 heterocycles. The van der Waals surface area contributed by atoms with Crippen LogP contribution >= 0.6 is 11.6 Å². The van der Waals surface area contributed by atoms with Gasteiger partial charge in [0.2, 0.25) is 0 Å². The molecular weight excluding hydrogens is 386 g/mol. The van der Waals surface area contributed by atoms with Gasteiger partial charge in [-0.3, -0.25) is 9.13 Å². The van der Waals surface area contributed by atoms with E-state index in [0.717, 1.165) is 0 Å². The van der Waals surface area contributed by atoms with Crippen LogP contribution in [0.15, 0.2) is 35.3 Å². The first-order valence-corrected chi connectivity index (χ1v) is 8.63. The molecule has 3 aromatic rings. The van der Waals surface area contributed by atoms with Crippen LogP contribution in [0, 0.1) is 11.3 Å². The lowest BCUT2D eigenvalue weighted by Gasteiger charge is -2.10. The molecule has 0 fully saturated rings. The lowest BCUT2D eigenvalue weighted by molar-refractivity contribution is -0.147. The van der Waals surface area contributed by atoms with Gasteiger partial charge >= 0.3 is 11.7 Å². The van der Waals surface area contributed by atoms with Crippen LogP contribution in [0.1, 0.15) is 12.0 Å². The number of halogens is 1. The molecule has 0 saturated carbocycles. The minimum absolute atomic E-state index is 0.0393. The third-order valence-corrected chi connectivity index (χ3v) is 4.64. The number of carbonyl (C=O) groups is 1. The van der Waals surface area contributed by atoms with E-state index in [0.29, 0.717) is 22.4 Å². The summed E-state index contributed by atoms with van der Waals surface area (Å²) in [4.78, 5) is 27.2. The second-order valence-electron chi connectivity index (χ2n) is 6.10. The number of nitriles is 1. The van der Waals surface area contributed by atoms with Gasteiger partial charge in [0.15, 0.2) is 6.10 Å². The summed E-state index contributed by atoms with van der Waals surface area (Å²) in [6.45, 7) is 0.0393. The minimum atomic E-state index is -1.55. The van der Waals surface area contributed by atoms with Crippen LogP contribution in [0.2, 0.25) is 5.15 Å². The fourth-order valence-corrected chi connectivity index (χ4v) is 3.08. The molecule has 3 rings (SSSR count). The second-order valence-corrected chi connectivity index (χ2v) is 6.46. The number of benzene rings is 1. The Bertz CT molecular complexity index is 1160. The van der Waals surface area contributed by atoms with Crippen LogP contribution in [0.25, 0.3) is 11.0 Å². The van der Waals surface area contributed by atoms with E-state index in [1.165, 1.54) is 15.3 Å². The molecule has 0 amide bonds. The van der Waals surface area contributed by atoms with Gasteiger partial charge in [-0.05, 0) is 24.3 Å². The number of carboxylic acids is 1. The molecule has 0 aliphatic rings. The van der Waals surface area contributed by atoms with Gasteiger partial charge in [0, 0.05) is 31.9 Å². The molecule has 28 heavy (non-hydrogen) atoms. The number of fused-ring (bicyclic) bond motifs is 1. The smallest absolute Gasteiger partial charge is 0.332 e. The van der Waals surface area contributed by atoms with Crippen LogP contribution in [0.4, 0.5) is 11.4 Å². The summed E-state index contributed by atoms with van der Waals surface area (Å²) in [5.74, 6) is -1.34. The Morgan fingerprint density at radius 3 is 2.82 bits per heavy atom. The highest BCUT2D eigenvalue weighted by Gasteiger charge is 2.17. The Morgan fingerprint density at radius 2 is 2.14 bits per heavy atom. The first-order chi connectivity index (χ1) is 13.3. The van der Waals surface area contributed by atoms with Crippen molar-refractivity contribution >= 4 is 40.0 Å². The number of aliphatic carboxylic acids is 1. The van der Waals surface area contributed by atoms with Gasteiger partial charge in [-0.1, -0.05) is 11.6 Å². The summed E-state index contributed by atoms with van der Waals surface area (Å²) >= 11 is 5.94. The van der Waals surface area contributed by atoms with Crippen molar-refractivity contribution in [1.29, 1.82) is 5.26 Å². The van der Waals surface area contributed by atoms with E-state index in [2.05, 4.69) is 10.3 Å². The number of aryl methyl sites for hydroxylation is 2. The SMILES string of the molecule is Cn1c(=O)n(CCC(O)C(=O)O)c2cc(Nc3ccnc(Cl)c3C#N)ccc21. The second kappa shape index (κ2) is 7.72. The van der Waals surface area contributed by atoms with Crippen molar-refractivity contribution in [2.45, 2.75) is 19.1 Å². The first-order valence-electron chi connectivity index (χ1n) is 8.25. The van der Waals surface area contributed by atoms with Gasteiger partial charge in [-0.25, -0.2) is 14.6 Å². The normalized spacial score (nSPS) is 11.9. The number of aliphatic hydroxyl groups is 1. The van der Waals surface area contributed by atoms with Gasteiger partial charge < -0.3 is 15.5 Å². The van der Waals surface area contributed by atoms with E-state index < -0.39 is 12.1 Å². The molecule has 2 aromatic heterocycles. The Hall–Kier alpha value is -3.35. The largest absolute Gasteiger partial charge is 0.479 e. The number of hydrogen-bond acceptors (Lipinski definition) is 6. The van der Waals surface area contributed by atoms with Gasteiger partial charge in [-0.15, -0.1) is 0 Å². The molecule has 1 atom stereocenters. The van der Waals surface area contributed by atoms with Crippen LogP contribution in [-0.2, 0) is 18.4 Å². The average molecular weight is 402 g/mol. The van der Waals surface area contributed by atoms with Crippen LogP contribution in [0.3, 0.4) is 0 Å². The lowest BCUT2D eigenvalue weighted by atomic mass is 10.2. The monoisotopic (exact) mass is 401 g/mol. The fourth-order valence-electron chi connectivity index (χ4n) is 2.88. The number of carboxylic acid groups (broad SMARTS) is 1. The number of hydrogen-bond donors (Lipinski definition) is 3. The summed E-state index contributed by atoms with van der Waals surface area (Å²) in [5, 5.41) is 30.8. The highest BCUT2D eigenvalue weighted by molar-refractivity contribution is 6.31. The van der Waals surface area contributed by atoms with E-state index >= 15 is 0 Å². The molecular formula is C18H16ClN5O4. The van der Waals surface area contributed by atoms with Gasteiger partial charge in [0.25, 0.3) is 0 Å². The molecule has 0 saturated heterocycles. The molecule has 0 spiro atoms. The van der Waals surface area contributed by atoms with Crippen molar-refractivity contribution in [2.24, 2.45) is 7.05 Å². The number of nitrogens with zero attached hydrogens (tertiary/aromatic N) is 4. The van der Waals surface area contributed by atoms with Crippen molar-refractivity contribution in [3.8, 4) is 6.07 Å². The fraction of sp³-hybridized carbons (Fsp3) is 0.222. The molecule has 1 unspecified atom stereocenters. The zero-order valence-corrected chi connectivity index (χ0v) is 15.5. The summed E-state index contributed by atoms with van der Waals surface area (Å²) < 4.78 is 2.84. The van der Waals surface area contributed by atoms with Crippen LogP contribution in [-0.4, -0.2) is 36.4 Å². The van der Waals surface area contributed by atoms with Gasteiger partial charge in [0.05, 0.1) is 16.7 Å². The Kier molecular flexibility index (Phi) is 5.35. The highest BCUT2D eigenvalue weighted by Crippen LogP contribution is 2.26. The molecule has 0 aliphatic heterocycles. The summed E-state index contributed by atoms with van der Waals surface area (Å²) in [6.07, 6.45) is -0.194. The van der Waals surface area contributed by atoms with Crippen molar-refractivity contribution < 1.29 is 15.0 Å². The Morgan fingerprint density at radius 1 is 1.39 bits per heavy atom. The minimum Gasteiger partial charge on any atom is -0.479 e. The molecule has 10 heteroatoms. The number of pyridine rings is 1. The number of aliphatic hydroxyl groups excluding tert-OH is 1. The Balaban J connectivity index is 2.00. The van der Waals surface area contributed by atoms with E-state index in [9.17, 15) is 20.0 Å². The maximum absolute atomic E-state index is 12.5. The number of aromatic nitrogens is 3. The van der Waals surface area contributed by atoms with E-state index in [1.54, 1.807) is 31.3 Å². The predicted molar refractivity (Wildman–Crippen MR) is 103 cm³/mol. The van der Waals surface area contributed by atoms with Crippen LogP contribution < -0.4 is 11.0 Å². The zero-order valence-electron chi connectivity index (χ0n) is 14.8. The van der Waals surface area contributed by atoms with E-state index in [4.69, 9.17) is 16.7 Å². The summed E-state index contributed by atoms with van der Waals surface area (Å²) in [7, 11) is 1.61. The van der Waals surface area contributed by atoms with E-state index in [1.807, 2.05) is 6.07 Å². The predicted octanol–water partition coefficient (Wildman–Crippen LogP) is 1.84. The Labute approximate surface area is 164 Å². The van der Waals surface area contributed by atoms with Crippen LogP contribution in [0.5, 0.6) is 0 Å².